The Labute approximate surface area is 164 Å². The number of aromatic nitrogens is 3. The lowest BCUT2D eigenvalue weighted by Crippen LogP contribution is -2.14. The van der Waals surface area contributed by atoms with E-state index >= 15 is 0 Å². The van der Waals surface area contributed by atoms with E-state index in [4.69, 9.17) is 27.9 Å². The molecule has 0 spiro atoms. The maximum Gasteiger partial charge on any atom is 0.137 e. The fraction of sp³-hybridized carbons (Fsp3) is 0.222. The molecule has 0 radical (unpaired) electrons. The Kier molecular flexibility index (Phi) is 6.34. The van der Waals surface area contributed by atoms with Crippen LogP contribution in [0.15, 0.2) is 59.6 Å². The van der Waals surface area contributed by atoms with Crippen LogP contribution in [0, 0.1) is 0 Å². The van der Waals surface area contributed by atoms with Crippen molar-refractivity contribution in [1.82, 2.24) is 14.8 Å². The molecule has 1 unspecified atom stereocenters. The molecular formula is C18H16BrCl2N3O. The number of benzene rings is 2. The van der Waals surface area contributed by atoms with Crippen LogP contribution >= 0.6 is 39.1 Å². The molecule has 3 aromatic rings. The van der Waals surface area contributed by atoms with Gasteiger partial charge >= 0.3 is 0 Å². The third-order valence-corrected chi connectivity index (χ3v) is 4.92. The van der Waals surface area contributed by atoms with E-state index in [-0.39, 0.29) is 5.92 Å². The van der Waals surface area contributed by atoms with Crippen molar-refractivity contribution < 1.29 is 4.74 Å². The smallest absolute Gasteiger partial charge is 0.137 e. The number of ether oxygens (including phenoxy) is 1. The molecule has 0 fully saturated rings. The van der Waals surface area contributed by atoms with Crippen LogP contribution in [-0.2, 0) is 6.54 Å². The lowest BCUT2D eigenvalue weighted by molar-refractivity contribution is 0.289. The highest BCUT2D eigenvalue weighted by atomic mass is 79.9. The van der Waals surface area contributed by atoms with Crippen LogP contribution in [0.3, 0.4) is 0 Å². The van der Waals surface area contributed by atoms with Gasteiger partial charge in [0.05, 0.1) is 6.61 Å². The molecule has 2 aromatic carbocycles. The molecular weight excluding hydrogens is 425 g/mol. The molecule has 1 atom stereocenters. The first kappa shape index (κ1) is 18.2. The number of halogens is 3. The summed E-state index contributed by atoms with van der Waals surface area (Å²) in [5.74, 6) is 0.979. The first-order chi connectivity index (χ1) is 12.1. The Hall–Kier alpha value is -1.56. The van der Waals surface area contributed by atoms with Gasteiger partial charge in [-0.2, -0.15) is 5.10 Å². The normalized spacial score (nSPS) is 12.1. The molecule has 130 valence electrons. The largest absolute Gasteiger partial charge is 0.494 e. The van der Waals surface area contributed by atoms with Crippen LogP contribution < -0.4 is 4.74 Å². The standard InChI is InChI=1S/C18H16BrCl2N3O/c19-14-1-4-16(5-2-14)25-8-7-13(10-24-12-22-11-23-24)17-6-3-15(20)9-18(17)21/h1-6,9,11-13H,7-8,10H2. The van der Waals surface area contributed by atoms with Crippen LogP contribution in [-0.4, -0.2) is 21.4 Å². The molecule has 0 amide bonds. The molecule has 1 aromatic heterocycles. The minimum atomic E-state index is 0.141. The van der Waals surface area contributed by atoms with Gasteiger partial charge in [-0.25, -0.2) is 4.98 Å². The van der Waals surface area contributed by atoms with Crippen molar-refractivity contribution in [2.24, 2.45) is 0 Å². The van der Waals surface area contributed by atoms with Crippen molar-refractivity contribution in [2.75, 3.05) is 6.61 Å². The Morgan fingerprint density at radius 1 is 1.12 bits per heavy atom. The Morgan fingerprint density at radius 3 is 2.60 bits per heavy atom. The SMILES string of the molecule is Clc1ccc(C(CCOc2ccc(Br)cc2)Cn2cncn2)c(Cl)c1. The zero-order valence-electron chi connectivity index (χ0n) is 13.3. The second kappa shape index (κ2) is 8.70. The fourth-order valence-electron chi connectivity index (χ4n) is 2.58. The molecule has 0 bridgehead atoms. The van der Waals surface area contributed by atoms with Crippen molar-refractivity contribution >= 4 is 39.1 Å². The fourth-order valence-corrected chi connectivity index (χ4v) is 3.41. The zero-order valence-corrected chi connectivity index (χ0v) is 16.4. The van der Waals surface area contributed by atoms with Crippen LogP contribution in [0.2, 0.25) is 10.0 Å². The van der Waals surface area contributed by atoms with Gasteiger partial charge in [0.2, 0.25) is 0 Å². The van der Waals surface area contributed by atoms with Crippen molar-refractivity contribution in [2.45, 2.75) is 18.9 Å². The quantitative estimate of drug-likeness (QED) is 0.480. The summed E-state index contributed by atoms with van der Waals surface area (Å²) in [5, 5.41) is 5.47. The van der Waals surface area contributed by atoms with Crippen molar-refractivity contribution in [3.05, 3.63) is 75.2 Å². The molecule has 0 aliphatic carbocycles. The second-order valence-electron chi connectivity index (χ2n) is 5.57. The van der Waals surface area contributed by atoms with Crippen LogP contribution in [0.4, 0.5) is 0 Å². The van der Waals surface area contributed by atoms with Gasteiger partial charge in [-0.15, -0.1) is 0 Å². The van der Waals surface area contributed by atoms with Gasteiger partial charge in [-0.05, 0) is 48.4 Å². The summed E-state index contributed by atoms with van der Waals surface area (Å²) >= 11 is 15.8. The molecule has 0 aliphatic heterocycles. The second-order valence-corrected chi connectivity index (χ2v) is 7.33. The number of rotatable bonds is 7. The van der Waals surface area contributed by atoms with E-state index in [1.165, 1.54) is 6.33 Å². The molecule has 0 saturated heterocycles. The lowest BCUT2D eigenvalue weighted by atomic mass is 9.96. The monoisotopic (exact) mass is 439 g/mol. The maximum absolute atomic E-state index is 6.40. The predicted octanol–water partition coefficient (Wildman–Crippen LogP) is 5.60. The summed E-state index contributed by atoms with van der Waals surface area (Å²) in [7, 11) is 0. The predicted molar refractivity (Wildman–Crippen MR) is 103 cm³/mol. The molecule has 0 saturated carbocycles. The third-order valence-electron chi connectivity index (χ3n) is 3.83. The van der Waals surface area contributed by atoms with Crippen molar-refractivity contribution in [1.29, 1.82) is 0 Å². The van der Waals surface area contributed by atoms with Crippen LogP contribution in [0.1, 0.15) is 17.9 Å². The molecule has 4 nitrogen and oxygen atoms in total. The van der Waals surface area contributed by atoms with Gasteiger partial charge in [-0.3, -0.25) is 4.68 Å². The van der Waals surface area contributed by atoms with E-state index in [0.29, 0.717) is 23.2 Å². The highest BCUT2D eigenvalue weighted by Crippen LogP contribution is 2.31. The van der Waals surface area contributed by atoms with Crippen molar-refractivity contribution in [3.8, 4) is 5.75 Å². The highest BCUT2D eigenvalue weighted by molar-refractivity contribution is 9.10. The van der Waals surface area contributed by atoms with E-state index in [1.807, 2.05) is 36.4 Å². The van der Waals surface area contributed by atoms with Crippen molar-refractivity contribution in [3.63, 3.8) is 0 Å². The topological polar surface area (TPSA) is 39.9 Å². The number of hydrogen-bond donors (Lipinski definition) is 0. The van der Waals surface area contributed by atoms with E-state index in [2.05, 4.69) is 26.0 Å². The van der Waals surface area contributed by atoms with E-state index in [9.17, 15) is 0 Å². The van der Waals surface area contributed by atoms with E-state index < -0.39 is 0 Å². The zero-order chi connectivity index (χ0) is 17.6. The lowest BCUT2D eigenvalue weighted by Gasteiger charge is -2.19. The molecule has 0 aliphatic rings. The first-order valence-electron chi connectivity index (χ1n) is 7.77. The van der Waals surface area contributed by atoms with Gasteiger partial charge in [0.1, 0.15) is 18.4 Å². The molecule has 3 rings (SSSR count). The molecule has 25 heavy (non-hydrogen) atoms. The number of nitrogens with zero attached hydrogens (tertiary/aromatic N) is 3. The van der Waals surface area contributed by atoms with E-state index in [0.717, 1.165) is 22.2 Å². The minimum Gasteiger partial charge on any atom is -0.494 e. The minimum absolute atomic E-state index is 0.141. The van der Waals surface area contributed by atoms with Gasteiger partial charge in [0, 0.05) is 27.0 Å². The summed E-state index contributed by atoms with van der Waals surface area (Å²) in [6.07, 6.45) is 4.02. The molecule has 7 heteroatoms. The van der Waals surface area contributed by atoms with Gasteiger partial charge in [0.15, 0.2) is 0 Å². The van der Waals surface area contributed by atoms with Gasteiger partial charge < -0.3 is 4.74 Å². The summed E-state index contributed by atoms with van der Waals surface area (Å²) in [4.78, 5) is 4.00. The van der Waals surface area contributed by atoms with E-state index in [1.54, 1.807) is 17.1 Å². The maximum atomic E-state index is 6.40. The van der Waals surface area contributed by atoms with Gasteiger partial charge in [0.25, 0.3) is 0 Å². The average molecular weight is 441 g/mol. The Bertz CT molecular complexity index is 810. The highest BCUT2D eigenvalue weighted by Gasteiger charge is 2.17. The summed E-state index contributed by atoms with van der Waals surface area (Å²) < 4.78 is 8.69. The summed E-state index contributed by atoms with van der Waals surface area (Å²) in [6.45, 7) is 1.24. The first-order valence-corrected chi connectivity index (χ1v) is 9.32. The summed E-state index contributed by atoms with van der Waals surface area (Å²) in [5.41, 5.74) is 1.03. The number of hydrogen-bond acceptors (Lipinski definition) is 3. The van der Waals surface area contributed by atoms with Gasteiger partial charge in [-0.1, -0.05) is 45.2 Å². The summed E-state index contributed by atoms with van der Waals surface area (Å²) in [6, 6.07) is 13.4. The molecule has 1 heterocycles. The van der Waals surface area contributed by atoms with Crippen LogP contribution in [0.25, 0.3) is 0 Å². The van der Waals surface area contributed by atoms with Crippen LogP contribution in [0.5, 0.6) is 5.75 Å². The Balaban J connectivity index is 1.70. The Morgan fingerprint density at radius 2 is 1.92 bits per heavy atom. The third kappa shape index (κ3) is 5.21. The average Bonchev–Trinajstić information content (AvgIpc) is 3.09. The molecule has 0 N–H and O–H groups in total.